The van der Waals surface area contributed by atoms with Crippen molar-refractivity contribution in [2.75, 3.05) is 27.3 Å². The highest BCUT2D eigenvalue weighted by Crippen LogP contribution is 2.49. The first-order valence-electron chi connectivity index (χ1n) is 3.93. The molecule has 1 saturated heterocycles. The Bertz CT molecular complexity index is 333. The smallest absolute Gasteiger partial charge is 0.308 e. The second kappa shape index (κ2) is 4.55. The summed E-state index contributed by atoms with van der Waals surface area (Å²) in [6, 6.07) is -0.828. The second-order valence-corrected chi connectivity index (χ2v) is 5.78. The third-order valence-electron chi connectivity index (χ3n) is 1.86. The number of rotatable bonds is 4. The summed E-state index contributed by atoms with van der Waals surface area (Å²) in [6.07, 6.45) is 0. The topological polar surface area (TPSA) is 96.4 Å². The molecule has 1 aliphatic heterocycles. The van der Waals surface area contributed by atoms with Gasteiger partial charge >= 0.3 is 22.0 Å². The Morgan fingerprint density at radius 2 is 2.07 bits per heavy atom. The summed E-state index contributed by atoms with van der Waals surface area (Å²) in [5.74, 6) is 0. The monoisotopic (exact) mass is 257 g/mol. The number of carbonyl (C=O) groups is 1. The Morgan fingerprint density at radius 3 is 2.53 bits per heavy atom. The molecule has 1 aliphatic rings. The molecule has 0 saturated carbocycles. The summed E-state index contributed by atoms with van der Waals surface area (Å²) in [4.78, 5) is 20.7. The normalized spacial score (nSPS) is 21.8. The van der Waals surface area contributed by atoms with E-state index in [1.165, 1.54) is 7.11 Å². The molecular weight excluding hydrogens is 246 g/mol. The van der Waals surface area contributed by atoms with E-state index in [2.05, 4.69) is 9.05 Å². The molecule has 0 aromatic carbocycles. The number of amides is 2. The van der Waals surface area contributed by atoms with Gasteiger partial charge in [-0.05, 0) is 4.57 Å². The van der Waals surface area contributed by atoms with Gasteiger partial charge in [0.1, 0.15) is 0 Å². The fourth-order valence-electron chi connectivity index (χ4n) is 1.10. The molecule has 8 nitrogen and oxygen atoms in total. The van der Waals surface area contributed by atoms with Crippen LogP contribution in [0.3, 0.4) is 0 Å². The fourth-order valence-corrected chi connectivity index (χ4v) is 2.73. The van der Waals surface area contributed by atoms with E-state index in [0.717, 1.165) is 11.8 Å². The molecule has 0 radical (unpaired) electrons. The first kappa shape index (κ1) is 12.5. The van der Waals surface area contributed by atoms with E-state index in [1.54, 1.807) is 0 Å². The minimum absolute atomic E-state index is 0.0229. The van der Waals surface area contributed by atoms with Crippen LogP contribution in [0, 0.1) is 0 Å². The van der Waals surface area contributed by atoms with Gasteiger partial charge in [-0.25, -0.2) is 14.0 Å². The highest BCUT2D eigenvalue weighted by molar-refractivity contribution is 7.51. The van der Waals surface area contributed by atoms with Gasteiger partial charge in [-0.1, -0.05) is 4.67 Å². The standard InChI is InChI=1S/C5H10N2O6P2/c1-12-14(9)6-3-4-7(5(6)8)15(10,11)13-2/h3-4H2,1-2H3/p+1. The maximum atomic E-state index is 11.5. The van der Waals surface area contributed by atoms with Gasteiger partial charge in [-0.3, -0.25) is 4.52 Å². The molecule has 1 rings (SSSR count). The minimum Gasteiger partial charge on any atom is -0.308 e. The van der Waals surface area contributed by atoms with E-state index >= 15 is 0 Å². The molecule has 1 fully saturated rings. The third kappa shape index (κ3) is 2.35. The Hall–Kier alpha value is -0.520. The van der Waals surface area contributed by atoms with Crippen LogP contribution in [0.4, 0.5) is 4.79 Å². The van der Waals surface area contributed by atoms with Crippen molar-refractivity contribution in [3.05, 3.63) is 0 Å². The average molecular weight is 257 g/mol. The summed E-state index contributed by atoms with van der Waals surface area (Å²) >= 11 is 0. The molecule has 0 aliphatic carbocycles. The van der Waals surface area contributed by atoms with Crippen LogP contribution in [0.2, 0.25) is 0 Å². The van der Waals surface area contributed by atoms with E-state index in [0.29, 0.717) is 4.67 Å². The fraction of sp³-hybridized carbons (Fsp3) is 0.800. The second-order valence-electron chi connectivity index (χ2n) is 2.62. The molecule has 1 heterocycles. The van der Waals surface area contributed by atoms with Crippen molar-refractivity contribution in [3.63, 3.8) is 0 Å². The van der Waals surface area contributed by atoms with Crippen LogP contribution in [0.5, 0.6) is 0 Å². The molecule has 2 atom stereocenters. The van der Waals surface area contributed by atoms with Crippen molar-refractivity contribution in [2.24, 2.45) is 0 Å². The first-order valence-corrected chi connectivity index (χ1v) is 6.59. The summed E-state index contributed by atoms with van der Waals surface area (Å²) in [5, 5.41) is 0. The van der Waals surface area contributed by atoms with Crippen molar-refractivity contribution in [1.29, 1.82) is 0 Å². The highest BCUT2D eigenvalue weighted by atomic mass is 31.2. The number of urea groups is 1. The molecule has 0 aromatic rings. The minimum atomic E-state index is -4.11. The molecule has 0 aromatic heterocycles. The average Bonchev–Trinajstić information content (AvgIpc) is 2.59. The van der Waals surface area contributed by atoms with E-state index in [4.69, 9.17) is 0 Å². The SMILES string of the molecule is CO[P+](=O)N1CCN(P(=O)(O)OC)C1=O. The van der Waals surface area contributed by atoms with Crippen LogP contribution >= 0.6 is 15.9 Å². The summed E-state index contributed by atoms with van der Waals surface area (Å²) in [7, 11) is -4.20. The lowest BCUT2D eigenvalue weighted by Gasteiger charge is -2.17. The summed E-state index contributed by atoms with van der Waals surface area (Å²) in [6.45, 7) is 0.0423. The van der Waals surface area contributed by atoms with Gasteiger partial charge < -0.3 is 4.89 Å². The molecule has 15 heavy (non-hydrogen) atoms. The molecule has 0 bridgehead atoms. The van der Waals surface area contributed by atoms with Gasteiger partial charge in [0, 0.05) is 7.11 Å². The van der Waals surface area contributed by atoms with Gasteiger partial charge in [-0.2, -0.15) is 0 Å². The maximum absolute atomic E-state index is 11.5. The van der Waals surface area contributed by atoms with Gasteiger partial charge in [0.2, 0.25) is 0 Å². The van der Waals surface area contributed by atoms with Crippen LogP contribution in [0.15, 0.2) is 0 Å². The molecule has 2 amide bonds. The molecule has 0 spiro atoms. The lowest BCUT2D eigenvalue weighted by Crippen LogP contribution is -2.26. The Labute approximate surface area is 87.3 Å². The van der Waals surface area contributed by atoms with Gasteiger partial charge in [0.05, 0.1) is 20.2 Å². The number of hydrogen-bond acceptors (Lipinski definition) is 5. The van der Waals surface area contributed by atoms with Crippen molar-refractivity contribution in [2.45, 2.75) is 0 Å². The van der Waals surface area contributed by atoms with E-state index < -0.39 is 22.0 Å². The van der Waals surface area contributed by atoms with Crippen LogP contribution in [-0.4, -0.2) is 47.6 Å². The summed E-state index contributed by atoms with van der Waals surface area (Å²) < 4.78 is 32.8. The predicted molar refractivity (Wildman–Crippen MR) is 50.3 cm³/mol. The van der Waals surface area contributed by atoms with Crippen molar-refractivity contribution in [1.82, 2.24) is 9.34 Å². The molecule has 86 valence electrons. The van der Waals surface area contributed by atoms with Gasteiger partial charge in [0.25, 0.3) is 0 Å². The van der Waals surface area contributed by atoms with E-state index in [9.17, 15) is 18.8 Å². The predicted octanol–water partition coefficient (Wildman–Crippen LogP) is 0.775. The number of nitrogens with zero attached hydrogens (tertiary/aromatic N) is 2. The lowest BCUT2D eigenvalue weighted by molar-refractivity contribution is 0.206. The Kier molecular flexibility index (Phi) is 3.81. The largest absolute Gasteiger partial charge is 0.649 e. The van der Waals surface area contributed by atoms with Crippen molar-refractivity contribution < 1.29 is 27.9 Å². The molecular formula is C5H11N2O6P2+. The third-order valence-corrected chi connectivity index (χ3v) is 4.40. The van der Waals surface area contributed by atoms with Crippen molar-refractivity contribution in [3.8, 4) is 0 Å². The van der Waals surface area contributed by atoms with Gasteiger partial charge in [-0.15, -0.1) is 4.52 Å². The van der Waals surface area contributed by atoms with Crippen LogP contribution < -0.4 is 0 Å². The number of carbonyl (C=O) groups excluding carboxylic acids is 1. The highest BCUT2D eigenvalue weighted by Gasteiger charge is 2.49. The van der Waals surface area contributed by atoms with Crippen molar-refractivity contribution >= 4 is 22.0 Å². The summed E-state index contributed by atoms with van der Waals surface area (Å²) in [5.41, 5.74) is 0. The van der Waals surface area contributed by atoms with E-state index in [-0.39, 0.29) is 13.1 Å². The zero-order chi connectivity index (χ0) is 11.6. The Morgan fingerprint density at radius 1 is 1.47 bits per heavy atom. The zero-order valence-electron chi connectivity index (χ0n) is 8.19. The lowest BCUT2D eigenvalue weighted by atomic mass is 10.7. The molecule has 10 heteroatoms. The molecule has 1 N–H and O–H groups in total. The first-order chi connectivity index (χ1) is 6.94. The quantitative estimate of drug-likeness (QED) is 0.747. The van der Waals surface area contributed by atoms with Crippen LogP contribution in [0.25, 0.3) is 0 Å². The van der Waals surface area contributed by atoms with Crippen LogP contribution in [-0.2, 0) is 18.2 Å². The van der Waals surface area contributed by atoms with Gasteiger partial charge in [0.15, 0.2) is 0 Å². The number of hydrogen-bond donors (Lipinski definition) is 1. The molecule has 2 unspecified atom stereocenters. The van der Waals surface area contributed by atoms with Crippen LogP contribution in [0.1, 0.15) is 0 Å². The zero-order valence-corrected chi connectivity index (χ0v) is 9.98. The maximum Gasteiger partial charge on any atom is 0.649 e. The van der Waals surface area contributed by atoms with E-state index in [1.807, 2.05) is 0 Å². The Balaban J connectivity index is 2.81.